The summed E-state index contributed by atoms with van der Waals surface area (Å²) in [5.41, 5.74) is 4.25. The van der Waals surface area contributed by atoms with Crippen LogP contribution in [0.2, 0.25) is 0 Å². The summed E-state index contributed by atoms with van der Waals surface area (Å²) in [4.78, 5) is 1.53. The van der Waals surface area contributed by atoms with E-state index in [0.29, 0.717) is 5.69 Å². The Hall–Kier alpha value is -2.62. The molecule has 0 aliphatic rings. The number of unbranched alkanes of at least 4 members (excludes halogenated alkanes) is 2. The Morgan fingerprint density at radius 3 is 2.48 bits per heavy atom. The van der Waals surface area contributed by atoms with Crippen molar-refractivity contribution in [3.63, 3.8) is 0 Å². The number of aryl methyl sites for hydroxylation is 1. The summed E-state index contributed by atoms with van der Waals surface area (Å²) in [7, 11) is 0. The van der Waals surface area contributed by atoms with Crippen LogP contribution in [0.5, 0.6) is 5.75 Å². The molecule has 4 nitrogen and oxygen atoms in total. The summed E-state index contributed by atoms with van der Waals surface area (Å²) in [6, 6.07) is 11.7. The molecule has 0 radical (unpaired) electrons. The van der Waals surface area contributed by atoms with Crippen LogP contribution in [0.4, 0.5) is 0 Å². The highest BCUT2D eigenvalue weighted by molar-refractivity contribution is 5.73. The van der Waals surface area contributed by atoms with E-state index in [1.165, 1.54) is 17.6 Å². The molecular weight excluding hydrogens is 310 g/mol. The average molecular weight is 335 g/mol. The molecule has 0 bridgehead atoms. The van der Waals surface area contributed by atoms with E-state index >= 15 is 0 Å². The summed E-state index contributed by atoms with van der Waals surface area (Å²) < 4.78 is 0. The maximum Gasteiger partial charge on any atom is 0.146 e. The van der Waals surface area contributed by atoms with E-state index in [1.54, 1.807) is 0 Å². The fourth-order valence-electron chi connectivity index (χ4n) is 2.98. The van der Waals surface area contributed by atoms with Crippen LogP contribution in [0.3, 0.4) is 0 Å². The van der Waals surface area contributed by atoms with Gasteiger partial charge in [-0.25, -0.2) is 0 Å². The van der Waals surface area contributed by atoms with Crippen LogP contribution in [-0.2, 0) is 0 Å². The molecule has 25 heavy (non-hydrogen) atoms. The monoisotopic (exact) mass is 335 g/mol. The van der Waals surface area contributed by atoms with Crippen LogP contribution in [0.15, 0.2) is 48.6 Å². The first-order valence-corrected chi connectivity index (χ1v) is 8.92. The number of rotatable bonds is 6. The van der Waals surface area contributed by atoms with Crippen molar-refractivity contribution in [2.24, 2.45) is 0 Å². The Morgan fingerprint density at radius 2 is 1.84 bits per heavy atom. The van der Waals surface area contributed by atoms with Gasteiger partial charge in [-0.3, -0.25) is 0 Å². The first kappa shape index (κ1) is 17.2. The molecule has 1 heterocycles. The zero-order chi connectivity index (χ0) is 17.8. The van der Waals surface area contributed by atoms with Crippen molar-refractivity contribution < 1.29 is 5.11 Å². The second-order valence-corrected chi connectivity index (χ2v) is 6.56. The molecule has 1 N–H and O–H groups in total. The van der Waals surface area contributed by atoms with Gasteiger partial charge in [0.1, 0.15) is 22.5 Å². The van der Waals surface area contributed by atoms with E-state index < -0.39 is 0 Å². The van der Waals surface area contributed by atoms with Crippen LogP contribution in [-0.4, -0.2) is 20.1 Å². The SMILES string of the molecule is CCCCC=CC(C)c1cc(C)cc(-n2nc3ccccc3n2)c1O. The molecule has 1 unspecified atom stereocenters. The summed E-state index contributed by atoms with van der Waals surface area (Å²) in [6.07, 6.45) is 7.83. The van der Waals surface area contributed by atoms with Crippen molar-refractivity contribution in [2.45, 2.75) is 46.0 Å². The highest BCUT2D eigenvalue weighted by Gasteiger charge is 2.16. The van der Waals surface area contributed by atoms with Crippen molar-refractivity contribution in [1.82, 2.24) is 15.0 Å². The number of phenols is 1. The third-order valence-electron chi connectivity index (χ3n) is 4.41. The minimum Gasteiger partial charge on any atom is -0.505 e. The van der Waals surface area contributed by atoms with Gasteiger partial charge in [0.05, 0.1) is 0 Å². The minimum atomic E-state index is 0.139. The van der Waals surface area contributed by atoms with E-state index in [0.717, 1.165) is 28.6 Å². The van der Waals surface area contributed by atoms with Gasteiger partial charge in [-0.2, -0.15) is 0 Å². The Morgan fingerprint density at radius 1 is 1.16 bits per heavy atom. The van der Waals surface area contributed by atoms with E-state index in [2.05, 4.69) is 36.2 Å². The van der Waals surface area contributed by atoms with E-state index in [1.807, 2.05) is 43.3 Å². The number of hydrogen-bond acceptors (Lipinski definition) is 3. The van der Waals surface area contributed by atoms with Gasteiger partial charge in [0.2, 0.25) is 0 Å². The van der Waals surface area contributed by atoms with Gasteiger partial charge < -0.3 is 5.11 Å². The zero-order valence-electron chi connectivity index (χ0n) is 15.1. The van der Waals surface area contributed by atoms with Crippen LogP contribution in [0.1, 0.15) is 50.2 Å². The largest absolute Gasteiger partial charge is 0.505 e. The quantitative estimate of drug-likeness (QED) is 0.492. The molecule has 0 aliphatic heterocycles. The van der Waals surface area contributed by atoms with Gasteiger partial charge in [-0.05, 0) is 37.1 Å². The molecule has 1 aromatic heterocycles. The van der Waals surface area contributed by atoms with E-state index in [4.69, 9.17) is 0 Å². The topological polar surface area (TPSA) is 50.9 Å². The fraction of sp³-hybridized carbons (Fsp3) is 0.333. The van der Waals surface area contributed by atoms with Crippen LogP contribution < -0.4 is 0 Å². The predicted octanol–water partition coefficient (Wildman–Crippen LogP) is 5.28. The molecule has 0 aliphatic carbocycles. The smallest absolute Gasteiger partial charge is 0.146 e. The van der Waals surface area contributed by atoms with Gasteiger partial charge in [0.25, 0.3) is 0 Å². The fourth-order valence-corrected chi connectivity index (χ4v) is 2.98. The number of nitrogens with zero attached hydrogens (tertiary/aromatic N) is 3. The molecular formula is C21H25N3O. The summed E-state index contributed by atoms with van der Waals surface area (Å²) in [5.74, 6) is 0.388. The molecule has 2 aromatic carbocycles. The lowest BCUT2D eigenvalue weighted by Gasteiger charge is -2.14. The number of aromatic nitrogens is 3. The van der Waals surface area contributed by atoms with Crippen LogP contribution in [0.25, 0.3) is 16.7 Å². The maximum absolute atomic E-state index is 10.8. The third kappa shape index (κ3) is 3.73. The first-order valence-electron chi connectivity index (χ1n) is 8.92. The molecule has 3 rings (SSSR count). The standard InChI is InChI=1S/C21H25N3O/c1-4-5-6-7-10-16(3)17-13-15(2)14-20(21(17)25)24-22-18-11-8-9-12-19(18)23-24/h7-14,16,25H,4-6H2,1-3H3. The van der Waals surface area contributed by atoms with E-state index in [-0.39, 0.29) is 11.7 Å². The lowest BCUT2D eigenvalue weighted by Crippen LogP contribution is -2.03. The molecule has 3 aromatic rings. The number of benzene rings is 2. The summed E-state index contributed by atoms with van der Waals surface area (Å²) in [6.45, 7) is 6.33. The highest BCUT2D eigenvalue weighted by Crippen LogP contribution is 2.33. The summed E-state index contributed by atoms with van der Waals surface area (Å²) in [5, 5.41) is 19.8. The molecule has 4 heteroatoms. The Labute approximate surface area is 148 Å². The molecule has 0 spiro atoms. The Bertz CT molecular complexity index is 862. The number of hydrogen-bond donors (Lipinski definition) is 1. The summed E-state index contributed by atoms with van der Waals surface area (Å²) >= 11 is 0. The molecule has 0 amide bonds. The Balaban J connectivity index is 1.98. The highest BCUT2D eigenvalue weighted by atomic mass is 16.3. The number of allylic oxidation sites excluding steroid dienone is 2. The normalized spacial score (nSPS) is 12.9. The number of phenolic OH excluding ortho intramolecular Hbond substituents is 1. The lowest BCUT2D eigenvalue weighted by atomic mass is 9.96. The van der Waals surface area contributed by atoms with Crippen molar-refractivity contribution in [3.05, 3.63) is 59.7 Å². The number of fused-ring (bicyclic) bond motifs is 1. The van der Waals surface area contributed by atoms with Crippen molar-refractivity contribution >= 4 is 11.0 Å². The predicted molar refractivity (Wildman–Crippen MR) is 102 cm³/mol. The van der Waals surface area contributed by atoms with Crippen LogP contribution in [0, 0.1) is 6.92 Å². The van der Waals surface area contributed by atoms with E-state index in [9.17, 15) is 5.11 Å². The zero-order valence-corrected chi connectivity index (χ0v) is 15.1. The lowest BCUT2D eigenvalue weighted by molar-refractivity contribution is 0.459. The molecule has 0 saturated heterocycles. The average Bonchev–Trinajstić information content (AvgIpc) is 3.04. The van der Waals surface area contributed by atoms with Crippen molar-refractivity contribution in [2.75, 3.05) is 0 Å². The maximum atomic E-state index is 10.8. The van der Waals surface area contributed by atoms with Gasteiger partial charge in [0, 0.05) is 11.5 Å². The van der Waals surface area contributed by atoms with Crippen molar-refractivity contribution in [3.8, 4) is 11.4 Å². The Kier molecular flexibility index (Phi) is 5.17. The van der Waals surface area contributed by atoms with Gasteiger partial charge in [-0.15, -0.1) is 15.0 Å². The second kappa shape index (κ2) is 7.51. The molecule has 0 fully saturated rings. The molecule has 0 saturated carbocycles. The van der Waals surface area contributed by atoms with Crippen molar-refractivity contribution in [1.29, 1.82) is 0 Å². The third-order valence-corrected chi connectivity index (χ3v) is 4.41. The first-order chi connectivity index (χ1) is 12.1. The minimum absolute atomic E-state index is 0.139. The van der Waals surface area contributed by atoms with Crippen LogP contribution >= 0.6 is 0 Å². The molecule has 130 valence electrons. The number of aromatic hydroxyl groups is 1. The van der Waals surface area contributed by atoms with Gasteiger partial charge >= 0.3 is 0 Å². The van der Waals surface area contributed by atoms with Gasteiger partial charge in [-0.1, -0.05) is 57.0 Å². The second-order valence-electron chi connectivity index (χ2n) is 6.56. The molecule has 1 atom stereocenters. The van der Waals surface area contributed by atoms with Gasteiger partial charge in [0.15, 0.2) is 0 Å².